The molecule has 0 spiro atoms. The van der Waals surface area contributed by atoms with Gasteiger partial charge in [0.25, 0.3) is 0 Å². The van der Waals surface area contributed by atoms with Crippen LogP contribution in [0.4, 0.5) is 0 Å². The van der Waals surface area contributed by atoms with Crippen LogP contribution in [0.15, 0.2) is 0 Å². The van der Waals surface area contributed by atoms with Gasteiger partial charge in [-0.1, -0.05) is 0 Å². The van der Waals surface area contributed by atoms with Crippen molar-refractivity contribution in [1.29, 1.82) is 0 Å². The average Bonchev–Trinajstić information content (AvgIpc) is 1.73. The van der Waals surface area contributed by atoms with Gasteiger partial charge in [0, 0.05) is 0 Å². The predicted octanol–water partition coefficient (Wildman–Crippen LogP) is -0.0945. The molecule has 0 rings (SSSR count). The van der Waals surface area contributed by atoms with Crippen LogP contribution in [0.2, 0.25) is 0 Å². The van der Waals surface area contributed by atoms with E-state index in [0.29, 0.717) is 0 Å². The van der Waals surface area contributed by atoms with Crippen LogP contribution in [-0.4, -0.2) is 29.2 Å². The summed E-state index contributed by atoms with van der Waals surface area (Å²) in [6.45, 7) is 1.39. The molecule has 7 heavy (non-hydrogen) atoms. The highest BCUT2D eigenvalue weighted by Gasteiger charge is 1.83. The van der Waals surface area contributed by atoms with Crippen LogP contribution in [0.25, 0.3) is 0 Å². The highest BCUT2D eigenvalue weighted by molar-refractivity contribution is 7.79. The molecule has 46 valence electrons. The Kier molecular flexibility index (Phi) is 14.0. The topological polar surface area (TPSA) is 40.5 Å². The molecular formula is C4H12O2S. The molecule has 0 aromatic carbocycles. The van der Waals surface area contributed by atoms with Crippen molar-refractivity contribution in [3.63, 3.8) is 0 Å². The largest absolute Gasteiger partial charge is 0.394 e. The van der Waals surface area contributed by atoms with Gasteiger partial charge in [0.2, 0.25) is 0 Å². The van der Waals surface area contributed by atoms with E-state index in [2.05, 4.69) is 12.6 Å². The molecule has 0 aromatic heterocycles. The standard InChI is InChI=1S/C3H8O2.CH4S/c1-3(5)2-4;1-2/h3-5H,2H2,1H3;2H,1H3. The first-order valence-electron chi connectivity index (χ1n) is 2.01. The molecule has 0 amide bonds. The first-order valence-corrected chi connectivity index (χ1v) is 2.90. The molecule has 3 heteroatoms. The molecule has 2 N–H and O–H groups in total. The van der Waals surface area contributed by atoms with E-state index in [1.54, 1.807) is 6.26 Å². The summed E-state index contributed by atoms with van der Waals surface area (Å²) in [5.74, 6) is 0. The molecule has 0 bridgehead atoms. The van der Waals surface area contributed by atoms with Gasteiger partial charge in [-0.3, -0.25) is 0 Å². The number of hydrogen-bond donors (Lipinski definition) is 3. The van der Waals surface area contributed by atoms with Crippen molar-refractivity contribution in [2.24, 2.45) is 0 Å². The number of rotatable bonds is 1. The Morgan fingerprint density at radius 3 is 1.71 bits per heavy atom. The van der Waals surface area contributed by atoms with Gasteiger partial charge in [0.1, 0.15) is 0 Å². The van der Waals surface area contributed by atoms with Gasteiger partial charge in [-0.05, 0) is 13.2 Å². The molecule has 1 atom stereocenters. The van der Waals surface area contributed by atoms with E-state index < -0.39 is 6.10 Å². The summed E-state index contributed by atoms with van der Waals surface area (Å²) in [5, 5.41) is 16.0. The molecule has 0 heterocycles. The van der Waals surface area contributed by atoms with Crippen molar-refractivity contribution >= 4 is 12.6 Å². The molecule has 0 saturated carbocycles. The van der Waals surface area contributed by atoms with Crippen molar-refractivity contribution in [3.05, 3.63) is 0 Å². The zero-order valence-corrected chi connectivity index (χ0v) is 5.52. The van der Waals surface area contributed by atoms with Crippen LogP contribution in [0.5, 0.6) is 0 Å². The Labute approximate surface area is 49.6 Å². The average molecular weight is 124 g/mol. The van der Waals surface area contributed by atoms with E-state index in [4.69, 9.17) is 10.2 Å². The molecule has 1 unspecified atom stereocenters. The van der Waals surface area contributed by atoms with Gasteiger partial charge in [0.15, 0.2) is 0 Å². The van der Waals surface area contributed by atoms with Gasteiger partial charge >= 0.3 is 0 Å². The second-order valence-electron chi connectivity index (χ2n) is 1.03. The molecule has 0 aliphatic carbocycles. The van der Waals surface area contributed by atoms with Gasteiger partial charge in [-0.15, -0.1) is 0 Å². The summed E-state index contributed by atoms with van der Waals surface area (Å²) < 4.78 is 0. The van der Waals surface area contributed by atoms with Crippen LogP contribution in [0.1, 0.15) is 6.92 Å². The third kappa shape index (κ3) is 22.2. The molecular weight excluding hydrogens is 112 g/mol. The number of thiol groups is 1. The smallest absolute Gasteiger partial charge is 0.0742 e. The maximum Gasteiger partial charge on any atom is 0.0742 e. The van der Waals surface area contributed by atoms with Crippen molar-refractivity contribution < 1.29 is 10.2 Å². The lowest BCUT2D eigenvalue weighted by Crippen LogP contribution is -2.03. The third-order valence-corrected chi connectivity index (χ3v) is 0.264. The van der Waals surface area contributed by atoms with Crippen molar-refractivity contribution in [1.82, 2.24) is 0 Å². The molecule has 0 radical (unpaired) electrons. The summed E-state index contributed by atoms with van der Waals surface area (Å²) in [6, 6.07) is 0. The van der Waals surface area contributed by atoms with Gasteiger partial charge in [-0.25, -0.2) is 0 Å². The first-order chi connectivity index (χ1) is 3.27. The zero-order chi connectivity index (χ0) is 6.28. The quantitative estimate of drug-likeness (QED) is 0.427. The monoisotopic (exact) mass is 124 g/mol. The van der Waals surface area contributed by atoms with E-state index in [-0.39, 0.29) is 6.61 Å². The highest BCUT2D eigenvalue weighted by atomic mass is 32.1. The van der Waals surface area contributed by atoms with Crippen LogP contribution in [0, 0.1) is 0 Å². The number of hydrogen-bond acceptors (Lipinski definition) is 3. The van der Waals surface area contributed by atoms with Gasteiger partial charge in [-0.2, -0.15) is 12.6 Å². The molecule has 0 aliphatic rings. The minimum Gasteiger partial charge on any atom is -0.394 e. The van der Waals surface area contributed by atoms with Crippen LogP contribution in [-0.2, 0) is 0 Å². The van der Waals surface area contributed by atoms with E-state index >= 15 is 0 Å². The lowest BCUT2D eigenvalue weighted by molar-refractivity contribution is 0.110. The predicted molar refractivity (Wildman–Crippen MR) is 33.7 cm³/mol. The molecule has 2 nitrogen and oxygen atoms in total. The fraction of sp³-hybridized carbons (Fsp3) is 1.00. The molecule has 0 aromatic rings. The van der Waals surface area contributed by atoms with Crippen LogP contribution >= 0.6 is 12.6 Å². The molecule has 0 fully saturated rings. The second kappa shape index (κ2) is 9.55. The first kappa shape index (κ1) is 10.3. The Bertz CT molecular complexity index is 23.7. The lowest BCUT2D eigenvalue weighted by atomic mass is 10.5. The summed E-state index contributed by atoms with van der Waals surface area (Å²) >= 11 is 3.53. The minimum atomic E-state index is -0.560. The Hall–Kier alpha value is 0.270. The fourth-order valence-corrected chi connectivity index (χ4v) is 0. The summed E-state index contributed by atoms with van der Waals surface area (Å²) in [6.07, 6.45) is 1.13. The van der Waals surface area contributed by atoms with Crippen molar-refractivity contribution in [3.8, 4) is 0 Å². The normalized spacial score (nSPS) is 11.6. The highest BCUT2D eigenvalue weighted by Crippen LogP contribution is 1.68. The Balaban J connectivity index is 0. The van der Waals surface area contributed by atoms with Crippen molar-refractivity contribution in [2.75, 3.05) is 12.9 Å². The minimum absolute atomic E-state index is 0.139. The molecule has 0 saturated heterocycles. The van der Waals surface area contributed by atoms with Gasteiger partial charge < -0.3 is 10.2 Å². The second-order valence-corrected chi connectivity index (χ2v) is 1.03. The van der Waals surface area contributed by atoms with E-state index in [0.717, 1.165) is 0 Å². The van der Waals surface area contributed by atoms with Crippen LogP contribution < -0.4 is 0 Å². The fourth-order valence-electron chi connectivity index (χ4n) is 0. The maximum absolute atomic E-state index is 8.11. The number of aliphatic hydroxyl groups excluding tert-OH is 2. The third-order valence-electron chi connectivity index (χ3n) is 0.264. The van der Waals surface area contributed by atoms with Crippen molar-refractivity contribution in [2.45, 2.75) is 13.0 Å². The lowest BCUT2D eigenvalue weighted by Gasteiger charge is -1.90. The Morgan fingerprint density at radius 2 is 1.71 bits per heavy atom. The SMILES string of the molecule is CC(O)CO.CS. The Morgan fingerprint density at radius 1 is 1.57 bits per heavy atom. The summed E-state index contributed by atoms with van der Waals surface area (Å²) in [7, 11) is 0. The zero-order valence-electron chi connectivity index (χ0n) is 4.63. The summed E-state index contributed by atoms with van der Waals surface area (Å²) in [5.41, 5.74) is 0. The number of aliphatic hydroxyl groups is 2. The van der Waals surface area contributed by atoms with E-state index in [1.807, 2.05) is 0 Å². The summed E-state index contributed by atoms with van der Waals surface area (Å²) in [4.78, 5) is 0. The van der Waals surface area contributed by atoms with E-state index in [1.165, 1.54) is 6.92 Å². The van der Waals surface area contributed by atoms with Gasteiger partial charge in [0.05, 0.1) is 12.7 Å². The molecule has 0 aliphatic heterocycles. The van der Waals surface area contributed by atoms with Crippen LogP contribution in [0.3, 0.4) is 0 Å². The van der Waals surface area contributed by atoms with E-state index in [9.17, 15) is 0 Å². The maximum atomic E-state index is 8.11.